The van der Waals surface area contributed by atoms with E-state index in [0.717, 1.165) is 5.56 Å². The summed E-state index contributed by atoms with van der Waals surface area (Å²) in [4.78, 5) is 30.6. The molecule has 150 valence electrons. The fourth-order valence-corrected chi connectivity index (χ4v) is 3.39. The largest absolute Gasteiger partial charge is 0.383 e. The summed E-state index contributed by atoms with van der Waals surface area (Å²) in [7, 11) is 1.61. The third-order valence-corrected chi connectivity index (χ3v) is 4.93. The summed E-state index contributed by atoms with van der Waals surface area (Å²) in [6.45, 7) is 5.34. The summed E-state index contributed by atoms with van der Waals surface area (Å²) in [6, 6.07) is 14.8. The predicted octanol–water partition coefficient (Wildman–Crippen LogP) is 3.53. The number of fused-ring (bicyclic) bond motifs is 1. The molecule has 0 saturated carbocycles. The number of ether oxygens (including phenoxy) is 1. The summed E-state index contributed by atoms with van der Waals surface area (Å²) in [5, 5.41) is 0.475. The number of rotatable bonds is 8. The number of amides is 1. The van der Waals surface area contributed by atoms with Gasteiger partial charge < -0.3 is 14.6 Å². The highest BCUT2D eigenvalue weighted by molar-refractivity contribution is 7.71. The lowest BCUT2D eigenvalue weighted by Gasteiger charge is -2.23. The molecule has 1 amide bonds. The zero-order valence-corrected chi connectivity index (χ0v) is 17.1. The van der Waals surface area contributed by atoms with E-state index in [2.05, 4.69) is 11.6 Å². The number of aromatic nitrogens is 2. The third-order valence-electron chi connectivity index (χ3n) is 4.61. The molecule has 1 N–H and O–H groups in total. The molecule has 0 aliphatic rings. The van der Waals surface area contributed by atoms with Crippen LogP contribution in [0.25, 0.3) is 10.9 Å². The number of hydrogen-bond acceptors (Lipinski definition) is 4. The Morgan fingerprint density at radius 3 is 2.72 bits per heavy atom. The van der Waals surface area contributed by atoms with Gasteiger partial charge in [-0.3, -0.25) is 14.2 Å². The molecule has 7 heteroatoms. The Morgan fingerprint density at radius 1 is 1.28 bits per heavy atom. The van der Waals surface area contributed by atoms with E-state index < -0.39 is 0 Å². The van der Waals surface area contributed by atoms with Crippen molar-refractivity contribution in [1.29, 1.82) is 0 Å². The maximum absolute atomic E-state index is 13.2. The van der Waals surface area contributed by atoms with Crippen LogP contribution in [0.1, 0.15) is 15.9 Å². The molecule has 0 fully saturated rings. The van der Waals surface area contributed by atoms with Gasteiger partial charge in [0.2, 0.25) is 0 Å². The van der Waals surface area contributed by atoms with E-state index in [0.29, 0.717) is 47.5 Å². The molecule has 29 heavy (non-hydrogen) atoms. The lowest BCUT2D eigenvalue weighted by molar-refractivity contribution is 0.0680. The van der Waals surface area contributed by atoms with Gasteiger partial charge in [-0.1, -0.05) is 36.4 Å². The van der Waals surface area contributed by atoms with Crippen LogP contribution < -0.4 is 5.56 Å². The highest BCUT2D eigenvalue weighted by Crippen LogP contribution is 2.15. The van der Waals surface area contributed by atoms with Crippen molar-refractivity contribution in [2.75, 3.05) is 20.3 Å². The Morgan fingerprint density at radius 2 is 2.03 bits per heavy atom. The van der Waals surface area contributed by atoms with Crippen molar-refractivity contribution >= 4 is 29.0 Å². The summed E-state index contributed by atoms with van der Waals surface area (Å²) in [5.41, 5.74) is 1.85. The summed E-state index contributed by atoms with van der Waals surface area (Å²) < 4.78 is 6.90. The van der Waals surface area contributed by atoms with Crippen LogP contribution in [0.5, 0.6) is 0 Å². The van der Waals surface area contributed by atoms with Crippen LogP contribution in [-0.4, -0.2) is 40.6 Å². The summed E-state index contributed by atoms with van der Waals surface area (Å²) >= 11 is 5.28. The molecular weight excluding hydrogens is 386 g/mol. The van der Waals surface area contributed by atoms with Crippen LogP contribution in [0.15, 0.2) is 66.0 Å². The lowest BCUT2D eigenvalue weighted by Crippen LogP contribution is -2.33. The maximum Gasteiger partial charge on any atom is 0.262 e. The van der Waals surface area contributed by atoms with Gasteiger partial charge in [0.1, 0.15) is 0 Å². The number of methoxy groups -OCH3 is 1. The molecule has 0 bridgehead atoms. The van der Waals surface area contributed by atoms with E-state index in [9.17, 15) is 9.59 Å². The minimum Gasteiger partial charge on any atom is -0.383 e. The number of hydrogen-bond donors (Lipinski definition) is 1. The smallest absolute Gasteiger partial charge is 0.262 e. The van der Waals surface area contributed by atoms with Crippen LogP contribution in [0.3, 0.4) is 0 Å². The van der Waals surface area contributed by atoms with E-state index >= 15 is 0 Å². The number of aromatic amines is 1. The van der Waals surface area contributed by atoms with Gasteiger partial charge in [-0.2, -0.15) is 0 Å². The molecular formula is C22H23N3O3S. The van der Waals surface area contributed by atoms with Crippen molar-refractivity contribution in [3.63, 3.8) is 0 Å². The fourth-order valence-electron chi connectivity index (χ4n) is 3.12. The van der Waals surface area contributed by atoms with Crippen LogP contribution in [-0.2, 0) is 17.8 Å². The number of nitrogens with one attached hydrogen (secondary N) is 1. The first kappa shape index (κ1) is 20.7. The van der Waals surface area contributed by atoms with Crippen molar-refractivity contribution < 1.29 is 9.53 Å². The summed E-state index contributed by atoms with van der Waals surface area (Å²) in [6.07, 6.45) is 1.62. The zero-order valence-electron chi connectivity index (χ0n) is 16.3. The van der Waals surface area contributed by atoms with E-state index in [4.69, 9.17) is 17.0 Å². The van der Waals surface area contributed by atoms with Crippen molar-refractivity contribution in [2.24, 2.45) is 0 Å². The molecule has 0 radical (unpaired) electrons. The van der Waals surface area contributed by atoms with Gasteiger partial charge in [0.25, 0.3) is 11.5 Å². The first-order chi connectivity index (χ1) is 14.0. The van der Waals surface area contributed by atoms with Crippen LogP contribution >= 0.6 is 12.2 Å². The van der Waals surface area contributed by atoms with E-state index in [-0.39, 0.29) is 11.5 Å². The Labute approximate surface area is 174 Å². The molecule has 0 spiro atoms. The minimum atomic E-state index is -0.205. The second kappa shape index (κ2) is 9.45. The quantitative estimate of drug-likeness (QED) is 0.457. The minimum absolute atomic E-state index is 0.137. The maximum atomic E-state index is 13.2. The first-order valence-electron chi connectivity index (χ1n) is 9.25. The van der Waals surface area contributed by atoms with Crippen molar-refractivity contribution in [3.05, 3.63) is 87.4 Å². The molecule has 3 rings (SSSR count). The molecule has 0 unspecified atom stereocenters. The van der Waals surface area contributed by atoms with Gasteiger partial charge in [-0.25, -0.2) is 0 Å². The number of carbonyl (C=O) groups excluding carboxylic acids is 1. The van der Waals surface area contributed by atoms with Crippen molar-refractivity contribution in [2.45, 2.75) is 13.1 Å². The lowest BCUT2D eigenvalue weighted by atomic mass is 10.1. The van der Waals surface area contributed by atoms with E-state index in [1.54, 1.807) is 36.3 Å². The van der Waals surface area contributed by atoms with Gasteiger partial charge in [-0.05, 0) is 36.0 Å². The third kappa shape index (κ3) is 4.70. The molecule has 2 aromatic carbocycles. The molecule has 1 heterocycles. The molecule has 0 aliphatic heterocycles. The average molecular weight is 410 g/mol. The molecule has 0 aliphatic carbocycles. The van der Waals surface area contributed by atoms with Crippen molar-refractivity contribution in [1.82, 2.24) is 14.5 Å². The number of nitrogens with zero attached hydrogens (tertiary/aromatic N) is 2. The normalized spacial score (nSPS) is 10.8. The zero-order chi connectivity index (χ0) is 20.8. The van der Waals surface area contributed by atoms with Gasteiger partial charge in [0.15, 0.2) is 4.77 Å². The monoisotopic (exact) mass is 409 g/mol. The number of carbonyl (C=O) groups is 1. The fraction of sp³-hybridized carbons (Fsp3) is 0.227. The van der Waals surface area contributed by atoms with Gasteiger partial charge in [0, 0.05) is 32.3 Å². The molecule has 0 saturated heterocycles. The van der Waals surface area contributed by atoms with Crippen LogP contribution in [0.4, 0.5) is 0 Å². The van der Waals surface area contributed by atoms with Gasteiger partial charge in [-0.15, -0.1) is 6.58 Å². The number of allylic oxidation sites excluding steroid dienone is 1. The Kier molecular flexibility index (Phi) is 6.74. The summed E-state index contributed by atoms with van der Waals surface area (Å²) in [5.74, 6) is -0.137. The Balaban J connectivity index is 1.97. The second-order valence-corrected chi connectivity index (χ2v) is 6.99. The predicted molar refractivity (Wildman–Crippen MR) is 117 cm³/mol. The van der Waals surface area contributed by atoms with Gasteiger partial charge >= 0.3 is 0 Å². The van der Waals surface area contributed by atoms with E-state index in [1.807, 2.05) is 30.3 Å². The van der Waals surface area contributed by atoms with Crippen LogP contribution in [0, 0.1) is 4.77 Å². The first-order valence-corrected chi connectivity index (χ1v) is 9.66. The Bertz CT molecular complexity index is 1140. The molecule has 3 aromatic rings. The van der Waals surface area contributed by atoms with Crippen molar-refractivity contribution in [3.8, 4) is 0 Å². The molecule has 1 aromatic heterocycles. The average Bonchev–Trinajstić information content (AvgIpc) is 2.74. The number of H-pyrrole nitrogens is 1. The topological polar surface area (TPSA) is 67.3 Å². The Hall–Kier alpha value is -3.03. The van der Waals surface area contributed by atoms with Gasteiger partial charge in [0.05, 0.1) is 17.5 Å². The second-order valence-electron chi connectivity index (χ2n) is 6.60. The SMILES string of the molecule is C=CCn1c(=S)[nH]c2cc(C(=O)N(CCOC)Cc3ccccc3)ccc2c1=O. The van der Waals surface area contributed by atoms with E-state index in [1.165, 1.54) is 4.57 Å². The van der Waals surface area contributed by atoms with Crippen LogP contribution in [0.2, 0.25) is 0 Å². The standard InChI is InChI=1S/C22H23N3O3S/c1-3-11-25-21(27)18-10-9-17(14-19(18)23-22(25)29)20(26)24(12-13-28-2)15-16-7-5-4-6-8-16/h3-10,14H,1,11-13,15H2,2H3,(H,23,29). The molecule has 6 nitrogen and oxygen atoms in total. The highest BCUT2D eigenvalue weighted by Gasteiger charge is 2.17. The highest BCUT2D eigenvalue weighted by atomic mass is 32.1. The number of benzene rings is 2. The molecule has 0 atom stereocenters.